The number of benzene rings is 2. The Kier molecular flexibility index (Phi) is 6.41. The zero-order valence-electron chi connectivity index (χ0n) is 15.8. The number of carbonyl (C=O) groups is 2. The van der Waals surface area contributed by atoms with Crippen LogP contribution in [0.25, 0.3) is 0 Å². The lowest BCUT2D eigenvalue weighted by molar-refractivity contribution is -0.123. The third-order valence-corrected chi connectivity index (χ3v) is 5.09. The van der Waals surface area contributed by atoms with Crippen LogP contribution in [0.3, 0.4) is 0 Å². The van der Waals surface area contributed by atoms with Gasteiger partial charge in [-0.2, -0.15) is 0 Å². The monoisotopic (exact) mass is 401 g/mol. The van der Waals surface area contributed by atoms with Gasteiger partial charge >= 0.3 is 5.97 Å². The summed E-state index contributed by atoms with van der Waals surface area (Å²) in [5.74, 6) is -1.03. The summed E-state index contributed by atoms with van der Waals surface area (Å²) < 4.78 is 5.23. The zero-order valence-corrected chi connectivity index (χ0v) is 16.5. The van der Waals surface area contributed by atoms with Gasteiger partial charge in [-0.1, -0.05) is 11.6 Å². The summed E-state index contributed by atoms with van der Waals surface area (Å²) in [4.78, 5) is 26.9. The van der Waals surface area contributed by atoms with Gasteiger partial charge < -0.3 is 20.7 Å². The number of hydrogen-bond acceptors (Lipinski definition) is 5. The molecule has 7 heteroatoms. The average molecular weight is 402 g/mol. The van der Waals surface area contributed by atoms with E-state index in [1.165, 1.54) is 44.4 Å². The average Bonchev–Trinajstić information content (AvgIpc) is 2.71. The molecule has 2 aromatic rings. The van der Waals surface area contributed by atoms with Crippen LogP contribution < -0.4 is 16.0 Å². The van der Waals surface area contributed by atoms with Crippen molar-refractivity contribution in [2.45, 2.75) is 32.3 Å². The van der Waals surface area contributed by atoms with E-state index in [9.17, 15) is 9.59 Å². The van der Waals surface area contributed by atoms with Gasteiger partial charge in [0.1, 0.15) is 0 Å². The zero-order chi connectivity index (χ0) is 20.1. The summed E-state index contributed by atoms with van der Waals surface area (Å²) in [7, 11) is 0. The predicted molar refractivity (Wildman–Crippen MR) is 112 cm³/mol. The number of ether oxygens (including phenoxy) is 1. The molecule has 1 saturated heterocycles. The minimum Gasteiger partial charge on any atom is -0.449 e. The van der Waals surface area contributed by atoms with Gasteiger partial charge in [0.2, 0.25) is 0 Å². The molecule has 1 aliphatic rings. The van der Waals surface area contributed by atoms with Crippen LogP contribution >= 0.6 is 11.6 Å². The van der Waals surface area contributed by atoms with Crippen molar-refractivity contribution in [3.05, 3.63) is 53.1 Å². The molecule has 0 radical (unpaired) electrons. The number of carbonyl (C=O) groups excluding carboxylic acids is 2. The van der Waals surface area contributed by atoms with Crippen LogP contribution in [0, 0.1) is 0 Å². The molecule has 0 bridgehead atoms. The summed E-state index contributed by atoms with van der Waals surface area (Å²) in [6.45, 7) is 3.65. The summed E-state index contributed by atoms with van der Waals surface area (Å²) in [6.07, 6.45) is 2.75. The molecule has 0 spiro atoms. The molecule has 2 aromatic carbocycles. The van der Waals surface area contributed by atoms with Crippen LogP contribution in [0.2, 0.25) is 5.02 Å². The predicted octanol–water partition coefficient (Wildman–Crippen LogP) is 4.10. The lowest BCUT2D eigenvalue weighted by Crippen LogP contribution is -2.30. The van der Waals surface area contributed by atoms with Crippen molar-refractivity contribution in [3.8, 4) is 0 Å². The molecule has 0 saturated carbocycles. The molecule has 148 valence electrons. The number of nitrogens with two attached hydrogens (primary N) is 1. The van der Waals surface area contributed by atoms with Crippen molar-refractivity contribution in [2.75, 3.05) is 29.0 Å². The first-order chi connectivity index (χ1) is 13.4. The second kappa shape index (κ2) is 8.97. The molecule has 0 aromatic heterocycles. The van der Waals surface area contributed by atoms with Gasteiger partial charge in [0, 0.05) is 24.5 Å². The molecule has 3 N–H and O–H groups in total. The van der Waals surface area contributed by atoms with E-state index in [1.807, 2.05) is 24.3 Å². The summed E-state index contributed by atoms with van der Waals surface area (Å²) in [5, 5.41) is 3.13. The van der Waals surface area contributed by atoms with E-state index < -0.39 is 18.0 Å². The van der Waals surface area contributed by atoms with Gasteiger partial charge in [-0.05, 0) is 68.7 Å². The molecule has 1 amide bonds. The van der Waals surface area contributed by atoms with Crippen molar-refractivity contribution >= 4 is 40.5 Å². The minimum absolute atomic E-state index is 0.243. The lowest BCUT2D eigenvalue weighted by atomic mass is 10.1. The van der Waals surface area contributed by atoms with Gasteiger partial charge in [-0.3, -0.25) is 4.79 Å². The number of rotatable bonds is 5. The summed E-state index contributed by atoms with van der Waals surface area (Å²) >= 11 is 5.85. The van der Waals surface area contributed by atoms with Gasteiger partial charge in [0.05, 0.1) is 16.3 Å². The lowest BCUT2D eigenvalue weighted by Gasteiger charge is -2.28. The molecular formula is C21H24ClN3O3. The number of piperidine rings is 1. The van der Waals surface area contributed by atoms with Crippen LogP contribution in [-0.4, -0.2) is 31.1 Å². The van der Waals surface area contributed by atoms with E-state index in [-0.39, 0.29) is 11.3 Å². The van der Waals surface area contributed by atoms with Crippen molar-refractivity contribution in [1.29, 1.82) is 0 Å². The van der Waals surface area contributed by atoms with Gasteiger partial charge in [-0.25, -0.2) is 4.79 Å². The Labute approximate surface area is 169 Å². The Bertz CT molecular complexity index is 848. The number of nitrogens with zero attached hydrogens (tertiary/aromatic N) is 1. The van der Waals surface area contributed by atoms with E-state index in [0.29, 0.717) is 10.7 Å². The first-order valence-corrected chi connectivity index (χ1v) is 9.74. The standard InChI is InChI=1S/C21H24ClN3O3/c1-14(28-21(27)15-5-10-18(22)19(23)13-15)20(26)24-16-6-8-17(9-7-16)25-11-3-2-4-12-25/h5-10,13-14H,2-4,11-12,23H2,1H3,(H,24,26)/t14-/m0/s1. The number of esters is 1. The molecule has 6 nitrogen and oxygen atoms in total. The second-order valence-corrected chi connectivity index (χ2v) is 7.27. The molecule has 1 heterocycles. The molecular weight excluding hydrogens is 378 g/mol. The maximum atomic E-state index is 12.3. The van der Waals surface area contributed by atoms with Gasteiger partial charge in [0.25, 0.3) is 5.91 Å². The maximum Gasteiger partial charge on any atom is 0.338 e. The molecule has 1 atom stereocenters. The highest BCUT2D eigenvalue weighted by atomic mass is 35.5. The fourth-order valence-corrected chi connectivity index (χ4v) is 3.22. The Morgan fingerprint density at radius 1 is 1.11 bits per heavy atom. The number of halogens is 1. The Balaban J connectivity index is 1.56. The Morgan fingerprint density at radius 2 is 1.79 bits per heavy atom. The Morgan fingerprint density at radius 3 is 2.43 bits per heavy atom. The topological polar surface area (TPSA) is 84.7 Å². The first-order valence-electron chi connectivity index (χ1n) is 9.36. The highest BCUT2D eigenvalue weighted by Crippen LogP contribution is 2.22. The highest BCUT2D eigenvalue weighted by Gasteiger charge is 2.20. The third-order valence-electron chi connectivity index (χ3n) is 4.74. The molecule has 0 aliphatic carbocycles. The molecule has 3 rings (SSSR count). The smallest absolute Gasteiger partial charge is 0.338 e. The minimum atomic E-state index is -0.953. The second-order valence-electron chi connectivity index (χ2n) is 6.87. The number of anilines is 3. The normalized spacial score (nSPS) is 15.0. The number of amides is 1. The third kappa shape index (κ3) is 4.95. The molecule has 1 fully saturated rings. The summed E-state index contributed by atoms with van der Waals surface area (Å²) in [5.41, 5.74) is 8.02. The summed E-state index contributed by atoms with van der Waals surface area (Å²) in [6, 6.07) is 12.1. The van der Waals surface area contributed by atoms with Crippen molar-refractivity contribution < 1.29 is 14.3 Å². The fourth-order valence-electron chi connectivity index (χ4n) is 3.10. The SMILES string of the molecule is C[C@H](OC(=O)c1ccc(Cl)c(N)c1)C(=O)Nc1ccc(N2CCCCC2)cc1. The fraction of sp³-hybridized carbons (Fsp3) is 0.333. The van der Waals surface area contributed by atoms with Gasteiger partial charge in [0.15, 0.2) is 6.10 Å². The largest absolute Gasteiger partial charge is 0.449 e. The van der Waals surface area contributed by atoms with E-state index in [1.54, 1.807) is 0 Å². The van der Waals surface area contributed by atoms with E-state index in [4.69, 9.17) is 22.1 Å². The maximum absolute atomic E-state index is 12.3. The van der Waals surface area contributed by atoms with Crippen LogP contribution in [0.15, 0.2) is 42.5 Å². The molecule has 0 unspecified atom stereocenters. The van der Waals surface area contributed by atoms with Crippen molar-refractivity contribution in [1.82, 2.24) is 0 Å². The number of nitrogens with one attached hydrogen (secondary N) is 1. The Hall–Kier alpha value is -2.73. The quantitative estimate of drug-likeness (QED) is 0.582. The highest BCUT2D eigenvalue weighted by molar-refractivity contribution is 6.33. The van der Waals surface area contributed by atoms with Crippen molar-refractivity contribution in [3.63, 3.8) is 0 Å². The van der Waals surface area contributed by atoms with Crippen LogP contribution in [-0.2, 0) is 9.53 Å². The van der Waals surface area contributed by atoms with E-state index >= 15 is 0 Å². The number of hydrogen-bond donors (Lipinski definition) is 2. The van der Waals surface area contributed by atoms with E-state index in [2.05, 4.69) is 10.2 Å². The molecule has 28 heavy (non-hydrogen) atoms. The van der Waals surface area contributed by atoms with Crippen LogP contribution in [0.1, 0.15) is 36.5 Å². The van der Waals surface area contributed by atoms with Crippen molar-refractivity contribution in [2.24, 2.45) is 0 Å². The van der Waals surface area contributed by atoms with Gasteiger partial charge in [-0.15, -0.1) is 0 Å². The molecule has 1 aliphatic heterocycles. The first kappa shape index (κ1) is 20.0. The number of nitrogen functional groups attached to an aromatic ring is 1. The van der Waals surface area contributed by atoms with Crippen LogP contribution in [0.5, 0.6) is 0 Å². The van der Waals surface area contributed by atoms with E-state index in [0.717, 1.165) is 18.8 Å². The van der Waals surface area contributed by atoms with Crippen LogP contribution in [0.4, 0.5) is 17.1 Å².